The molecule has 1 aliphatic rings. The van der Waals surface area contributed by atoms with Crippen molar-refractivity contribution in [1.29, 1.82) is 0 Å². The molecule has 1 saturated carbocycles. The molecule has 0 aromatic carbocycles. The highest BCUT2D eigenvalue weighted by atomic mass is 16.3. The van der Waals surface area contributed by atoms with Crippen molar-refractivity contribution >= 4 is 0 Å². The van der Waals surface area contributed by atoms with Crippen LogP contribution < -0.4 is 5.32 Å². The number of aliphatic hydroxyl groups is 1. The third kappa shape index (κ3) is 2.54. The molecule has 1 aromatic heterocycles. The predicted molar refractivity (Wildman–Crippen MR) is 56.1 cm³/mol. The summed E-state index contributed by atoms with van der Waals surface area (Å²) < 4.78 is 1.78. The first-order chi connectivity index (χ1) is 7.26. The van der Waals surface area contributed by atoms with Gasteiger partial charge in [0, 0.05) is 26.7 Å². The van der Waals surface area contributed by atoms with Gasteiger partial charge in [-0.1, -0.05) is 5.21 Å². The van der Waals surface area contributed by atoms with Gasteiger partial charge in [0.25, 0.3) is 0 Å². The van der Waals surface area contributed by atoms with Crippen LogP contribution in [-0.2, 0) is 13.6 Å². The van der Waals surface area contributed by atoms with Crippen LogP contribution in [0.1, 0.15) is 25.0 Å². The second-order valence-corrected chi connectivity index (χ2v) is 4.43. The smallest absolute Gasteiger partial charge is 0.0738 e. The Morgan fingerprint density at radius 3 is 2.93 bits per heavy atom. The van der Waals surface area contributed by atoms with Gasteiger partial charge in [-0.15, -0.1) is 5.10 Å². The molecule has 0 aliphatic heterocycles. The van der Waals surface area contributed by atoms with E-state index in [0.29, 0.717) is 12.0 Å². The Morgan fingerprint density at radius 1 is 1.60 bits per heavy atom. The predicted octanol–water partition coefficient (Wildman–Crippen LogP) is 0.0673. The summed E-state index contributed by atoms with van der Waals surface area (Å²) in [6, 6.07) is 0. The zero-order valence-corrected chi connectivity index (χ0v) is 9.11. The number of nitrogens with one attached hydrogen (secondary N) is 1. The molecule has 1 aromatic rings. The molecule has 1 heterocycles. The Balaban J connectivity index is 1.73. The average Bonchev–Trinajstić information content (AvgIpc) is 2.85. The number of aromatic nitrogens is 3. The molecular formula is C10H18N4O. The molecule has 15 heavy (non-hydrogen) atoms. The van der Waals surface area contributed by atoms with Gasteiger partial charge < -0.3 is 10.4 Å². The van der Waals surface area contributed by atoms with E-state index in [1.54, 1.807) is 10.9 Å². The summed E-state index contributed by atoms with van der Waals surface area (Å²) in [6.07, 6.45) is 5.18. The zero-order chi connectivity index (χ0) is 10.7. The van der Waals surface area contributed by atoms with Crippen molar-refractivity contribution in [1.82, 2.24) is 20.3 Å². The third-order valence-electron chi connectivity index (χ3n) is 3.21. The summed E-state index contributed by atoms with van der Waals surface area (Å²) in [5.41, 5.74) is 1.47. The lowest BCUT2D eigenvalue weighted by Crippen LogP contribution is -2.25. The molecule has 0 spiro atoms. The largest absolute Gasteiger partial charge is 0.396 e. The van der Waals surface area contributed by atoms with Crippen molar-refractivity contribution in [2.24, 2.45) is 12.5 Å². The van der Waals surface area contributed by atoms with Crippen LogP contribution in [-0.4, -0.2) is 33.3 Å². The molecule has 0 saturated heterocycles. The molecule has 0 radical (unpaired) electrons. The molecule has 2 N–H and O–H groups in total. The second kappa shape index (κ2) is 4.28. The molecular weight excluding hydrogens is 192 g/mol. The standard InChI is InChI=1S/C10H18N4O/c1-14-9(7-12-13-14)6-11-8-10(2-3-10)4-5-15/h7,11,15H,2-6,8H2,1H3. The first-order valence-electron chi connectivity index (χ1n) is 5.41. The van der Waals surface area contributed by atoms with Crippen molar-refractivity contribution in [2.45, 2.75) is 25.8 Å². The minimum atomic E-state index is 0.301. The number of rotatable bonds is 6. The fourth-order valence-electron chi connectivity index (χ4n) is 1.86. The Labute approximate surface area is 89.5 Å². The van der Waals surface area contributed by atoms with E-state index in [2.05, 4.69) is 15.6 Å². The highest BCUT2D eigenvalue weighted by Gasteiger charge is 2.41. The van der Waals surface area contributed by atoms with Crippen LogP contribution in [0.5, 0.6) is 0 Å². The van der Waals surface area contributed by atoms with Gasteiger partial charge in [0.2, 0.25) is 0 Å². The molecule has 0 bridgehead atoms. The minimum Gasteiger partial charge on any atom is -0.396 e. The number of aliphatic hydroxyl groups excluding tert-OH is 1. The van der Waals surface area contributed by atoms with Crippen LogP contribution in [0, 0.1) is 5.41 Å². The zero-order valence-electron chi connectivity index (χ0n) is 9.11. The number of aryl methyl sites for hydroxylation is 1. The van der Waals surface area contributed by atoms with E-state index in [4.69, 9.17) is 5.11 Å². The lowest BCUT2D eigenvalue weighted by molar-refractivity contribution is 0.245. The molecule has 0 unspecified atom stereocenters. The Morgan fingerprint density at radius 2 is 2.40 bits per heavy atom. The van der Waals surface area contributed by atoms with E-state index in [1.165, 1.54) is 12.8 Å². The maximum absolute atomic E-state index is 8.92. The van der Waals surface area contributed by atoms with Gasteiger partial charge in [-0.3, -0.25) is 4.68 Å². The molecule has 1 fully saturated rings. The molecule has 1 aliphatic carbocycles. The highest BCUT2D eigenvalue weighted by molar-refractivity contribution is 4.97. The van der Waals surface area contributed by atoms with E-state index < -0.39 is 0 Å². The summed E-state index contributed by atoms with van der Waals surface area (Å²) in [5.74, 6) is 0. The van der Waals surface area contributed by atoms with E-state index in [-0.39, 0.29) is 0 Å². The summed E-state index contributed by atoms with van der Waals surface area (Å²) in [7, 11) is 1.89. The van der Waals surface area contributed by atoms with Crippen molar-refractivity contribution in [3.8, 4) is 0 Å². The quantitative estimate of drug-likeness (QED) is 0.697. The fourth-order valence-corrected chi connectivity index (χ4v) is 1.86. The number of hydrogen-bond acceptors (Lipinski definition) is 4. The van der Waals surface area contributed by atoms with Gasteiger partial charge >= 0.3 is 0 Å². The van der Waals surface area contributed by atoms with Gasteiger partial charge in [-0.05, 0) is 24.7 Å². The highest BCUT2D eigenvalue weighted by Crippen LogP contribution is 2.47. The SMILES string of the molecule is Cn1nncc1CNCC1(CCO)CC1. The fraction of sp³-hybridized carbons (Fsp3) is 0.800. The maximum Gasteiger partial charge on any atom is 0.0738 e. The van der Waals surface area contributed by atoms with Crippen molar-refractivity contribution in [3.05, 3.63) is 11.9 Å². The molecule has 84 valence electrons. The normalized spacial score (nSPS) is 18.0. The van der Waals surface area contributed by atoms with Crippen molar-refractivity contribution in [3.63, 3.8) is 0 Å². The van der Waals surface area contributed by atoms with E-state index in [9.17, 15) is 0 Å². The molecule has 5 nitrogen and oxygen atoms in total. The molecule has 0 amide bonds. The van der Waals surface area contributed by atoms with E-state index in [1.807, 2.05) is 7.05 Å². The van der Waals surface area contributed by atoms with Gasteiger partial charge in [-0.25, -0.2) is 0 Å². The van der Waals surface area contributed by atoms with Crippen LogP contribution in [0.4, 0.5) is 0 Å². The van der Waals surface area contributed by atoms with Crippen LogP contribution >= 0.6 is 0 Å². The summed E-state index contributed by atoms with van der Waals surface area (Å²) >= 11 is 0. The summed E-state index contributed by atoms with van der Waals surface area (Å²) in [6.45, 7) is 2.09. The topological polar surface area (TPSA) is 63.0 Å². The Bertz CT molecular complexity index is 319. The molecule has 5 heteroatoms. The third-order valence-corrected chi connectivity index (χ3v) is 3.21. The number of hydrogen-bond donors (Lipinski definition) is 2. The minimum absolute atomic E-state index is 0.301. The van der Waals surface area contributed by atoms with E-state index in [0.717, 1.165) is 25.2 Å². The lowest BCUT2D eigenvalue weighted by Gasteiger charge is -2.14. The first kappa shape index (κ1) is 10.6. The maximum atomic E-state index is 8.92. The monoisotopic (exact) mass is 210 g/mol. The molecule has 2 rings (SSSR count). The van der Waals surface area contributed by atoms with Gasteiger partial charge in [0.15, 0.2) is 0 Å². The molecule has 0 atom stereocenters. The summed E-state index contributed by atoms with van der Waals surface area (Å²) in [4.78, 5) is 0. The van der Waals surface area contributed by atoms with Gasteiger partial charge in [0.05, 0.1) is 11.9 Å². The van der Waals surface area contributed by atoms with Crippen LogP contribution in [0.3, 0.4) is 0 Å². The van der Waals surface area contributed by atoms with E-state index >= 15 is 0 Å². The van der Waals surface area contributed by atoms with Crippen LogP contribution in [0.15, 0.2) is 6.20 Å². The summed E-state index contributed by atoms with van der Waals surface area (Å²) in [5, 5.41) is 20.0. The average molecular weight is 210 g/mol. The van der Waals surface area contributed by atoms with Gasteiger partial charge in [-0.2, -0.15) is 0 Å². The second-order valence-electron chi connectivity index (χ2n) is 4.43. The van der Waals surface area contributed by atoms with Crippen LogP contribution in [0.25, 0.3) is 0 Å². The Kier molecular flexibility index (Phi) is 3.02. The first-order valence-corrected chi connectivity index (χ1v) is 5.41. The van der Waals surface area contributed by atoms with Crippen LogP contribution in [0.2, 0.25) is 0 Å². The van der Waals surface area contributed by atoms with Crippen molar-refractivity contribution < 1.29 is 5.11 Å². The van der Waals surface area contributed by atoms with Crippen molar-refractivity contribution in [2.75, 3.05) is 13.2 Å². The lowest BCUT2D eigenvalue weighted by atomic mass is 10.0. The number of nitrogens with zero attached hydrogens (tertiary/aromatic N) is 3. The Hall–Kier alpha value is -0.940. The van der Waals surface area contributed by atoms with Gasteiger partial charge in [0.1, 0.15) is 0 Å².